The first-order valence-corrected chi connectivity index (χ1v) is 11.4. The Morgan fingerprint density at radius 3 is 2.59 bits per heavy atom. The van der Waals surface area contributed by atoms with Crippen LogP contribution in [0.2, 0.25) is 0 Å². The number of hydrogen-bond acceptors (Lipinski definition) is 6. The van der Waals surface area contributed by atoms with E-state index in [1.807, 2.05) is 61.5 Å². The van der Waals surface area contributed by atoms with Crippen LogP contribution in [-0.4, -0.2) is 31.3 Å². The highest BCUT2D eigenvalue weighted by molar-refractivity contribution is 7.98. The number of benzene rings is 2. The zero-order valence-corrected chi connectivity index (χ0v) is 18.4. The first-order valence-electron chi connectivity index (χ1n) is 10.4. The van der Waals surface area contributed by atoms with E-state index in [-0.39, 0.29) is 0 Å². The van der Waals surface area contributed by atoms with Gasteiger partial charge in [-0.1, -0.05) is 36.0 Å². The van der Waals surface area contributed by atoms with Crippen molar-refractivity contribution in [1.82, 2.24) is 24.7 Å². The first-order chi connectivity index (χ1) is 15.8. The predicted octanol–water partition coefficient (Wildman–Crippen LogP) is 5.57. The maximum atomic E-state index is 5.60. The molecule has 0 aliphatic rings. The molecule has 0 aliphatic carbocycles. The number of ether oxygens (including phenoxy) is 1. The highest BCUT2D eigenvalue weighted by Gasteiger charge is 2.17. The summed E-state index contributed by atoms with van der Waals surface area (Å²) in [6.45, 7) is 2.61. The van der Waals surface area contributed by atoms with Crippen LogP contribution in [0.3, 0.4) is 0 Å². The third-order valence-electron chi connectivity index (χ3n) is 4.96. The third-order valence-corrected chi connectivity index (χ3v) is 5.93. The van der Waals surface area contributed by atoms with E-state index in [9.17, 15) is 0 Å². The fourth-order valence-corrected chi connectivity index (χ4v) is 4.32. The monoisotopic (exact) mass is 439 g/mol. The Hall–Kier alpha value is -3.71. The van der Waals surface area contributed by atoms with Gasteiger partial charge in [0, 0.05) is 34.8 Å². The van der Waals surface area contributed by atoms with Crippen molar-refractivity contribution in [2.45, 2.75) is 17.8 Å². The maximum absolute atomic E-state index is 5.60. The summed E-state index contributed by atoms with van der Waals surface area (Å²) in [4.78, 5) is 9.03. The van der Waals surface area contributed by atoms with Crippen LogP contribution in [0.25, 0.3) is 28.0 Å². The number of nitrogens with zero attached hydrogens (tertiary/aromatic N) is 5. The van der Waals surface area contributed by atoms with Gasteiger partial charge in [-0.2, -0.15) is 0 Å². The number of fused-ring (bicyclic) bond motifs is 1. The van der Waals surface area contributed by atoms with Gasteiger partial charge in [0.1, 0.15) is 5.75 Å². The molecule has 32 heavy (non-hydrogen) atoms. The van der Waals surface area contributed by atoms with E-state index in [1.54, 1.807) is 24.2 Å². The van der Waals surface area contributed by atoms with Crippen molar-refractivity contribution in [2.75, 3.05) is 6.61 Å². The Morgan fingerprint density at radius 2 is 1.78 bits per heavy atom. The van der Waals surface area contributed by atoms with Gasteiger partial charge in [0.25, 0.3) is 0 Å². The summed E-state index contributed by atoms with van der Waals surface area (Å²) < 4.78 is 7.65. The van der Waals surface area contributed by atoms with Crippen LogP contribution in [-0.2, 0) is 5.75 Å². The van der Waals surface area contributed by atoms with Gasteiger partial charge in [-0.25, -0.2) is 0 Å². The van der Waals surface area contributed by atoms with Gasteiger partial charge in [0.15, 0.2) is 11.0 Å². The van der Waals surface area contributed by atoms with Crippen molar-refractivity contribution >= 4 is 22.7 Å². The van der Waals surface area contributed by atoms with Crippen molar-refractivity contribution in [3.05, 3.63) is 90.9 Å². The van der Waals surface area contributed by atoms with Crippen molar-refractivity contribution in [3.63, 3.8) is 0 Å². The lowest BCUT2D eigenvalue weighted by Gasteiger charge is -2.11. The SMILES string of the molecule is CCOc1ccc(-n2c(SCc3ccc4ccccc4n3)nnc2-c2cccnc2)cc1. The second kappa shape index (κ2) is 9.20. The molecule has 0 radical (unpaired) electrons. The summed E-state index contributed by atoms with van der Waals surface area (Å²) >= 11 is 1.61. The Labute approximate surface area is 190 Å². The van der Waals surface area contributed by atoms with Crippen LogP contribution in [0.15, 0.2) is 90.3 Å². The Bertz CT molecular complexity index is 1340. The molecule has 0 amide bonds. The molecular formula is C25H21N5OS. The van der Waals surface area contributed by atoms with Gasteiger partial charge in [-0.3, -0.25) is 14.5 Å². The van der Waals surface area contributed by atoms with Gasteiger partial charge in [0.05, 0.1) is 17.8 Å². The minimum absolute atomic E-state index is 0.632. The average molecular weight is 440 g/mol. The Morgan fingerprint density at radius 1 is 0.906 bits per heavy atom. The molecule has 3 aromatic heterocycles. The molecule has 0 unspecified atom stereocenters. The molecule has 158 valence electrons. The molecular weight excluding hydrogens is 418 g/mol. The predicted molar refractivity (Wildman–Crippen MR) is 127 cm³/mol. The molecule has 7 heteroatoms. The Kier molecular flexibility index (Phi) is 5.81. The van der Waals surface area contributed by atoms with Crippen molar-refractivity contribution in [3.8, 4) is 22.8 Å². The molecule has 0 saturated carbocycles. The molecule has 6 nitrogen and oxygen atoms in total. The van der Waals surface area contributed by atoms with E-state index < -0.39 is 0 Å². The topological polar surface area (TPSA) is 65.7 Å². The minimum atomic E-state index is 0.632. The summed E-state index contributed by atoms with van der Waals surface area (Å²) in [5, 5.41) is 10.9. The van der Waals surface area contributed by atoms with Crippen LogP contribution in [0.1, 0.15) is 12.6 Å². The number of para-hydroxylation sites is 1. The van der Waals surface area contributed by atoms with Crippen molar-refractivity contribution < 1.29 is 4.74 Å². The molecule has 3 heterocycles. The second-order valence-electron chi connectivity index (χ2n) is 7.09. The highest BCUT2D eigenvalue weighted by atomic mass is 32.2. The zero-order valence-electron chi connectivity index (χ0n) is 17.5. The number of pyridine rings is 2. The number of rotatable bonds is 7. The molecule has 0 atom stereocenters. The van der Waals surface area contributed by atoms with E-state index in [1.165, 1.54) is 0 Å². The van der Waals surface area contributed by atoms with Crippen molar-refractivity contribution in [2.24, 2.45) is 0 Å². The maximum Gasteiger partial charge on any atom is 0.196 e. The van der Waals surface area contributed by atoms with Gasteiger partial charge < -0.3 is 4.74 Å². The van der Waals surface area contributed by atoms with Gasteiger partial charge in [0.2, 0.25) is 0 Å². The van der Waals surface area contributed by atoms with E-state index in [0.717, 1.165) is 44.6 Å². The molecule has 5 aromatic rings. The zero-order chi connectivity index (χ0) is 21.8. The number of aromatic nitrogens is 5. The Balaban J connectivity index is 1.49. The van der Waals surface area contributed by atoms with Crippen LogP contribution < -0.4 is 4.74 Å². The quantitative estimate of drug-likeness (QED) is 0.309. The average Bonchev–Trinajstić information content (AvgIpc) is 3.28. The minimum Gasteiger partial charge on any atom is -0.494 e. The van der Waals surface area contributed by atoms with Crippen LogP contribution in [0.4, 0.5) is 0 Å². The third kappa shape index (κ3) is 4.20. The lowest BCUT2D eigenvalue weighted by atomic mass is 10.2. The van der Waals surface area contributed by atoms with Gasteiger partial charge >= 0.3 is 0 Å². The lowest BCUT2D eigenvalue weighted by molar-refractivity contribution is 0.340. The van der Waals surface area contributed by atoms with E-state index in [0.29, 0.717) is 12.4 Å². The molecule has 0 bridgehead atoms. The fraction of sp³-hybridized carbons (Fsp3) is 0.120. The summed E-state index contributed by atoms with van der Waals surface area (Å²) in [6, 6.07) is 24.2. The first kappa shape index (κ1) is 20.2. The molecule has 2 aromatic carbocycles. The van der Waals surface area contributed by atoms with E-state index in [2.05, 4.69) is 37.9 Å². The molecule has 0 fully saturated rings. The summed E-state index contributed by atoms with van der Waals surface area (Å²) in [5.74, 6) is 2.27. The van der Waals surface area contributed by atoms with Crippen LogP contribution in [0, 0.1) is 0 Å². The van der Waals surface area contributed by atoms with Gasteiger partial charge in [-0.15, -0.1) is 10.2 Å². The molecule has 0 aliphatic heterocycles. The van der Waals surface area contributed by atoms with Crippen LogP contribution >= 0.6 is 11.8 Å². The number of hydrogen-bond donors (Lipinski definition) is 0. The smallest absolute Gasteiger partial charge is 0.196 e. The standard InChI is InChI=1S/C25H21N5OS/c1-2-31-22-13-11-21(12-14-22)30-24(19-7-5-15-26-16-19)28-29-25(30)32-17-20-10-9-18-6-3-4-8-23(18)27-20/h3-16H,2,17H2,1H3. The summed E-state index contributed by atoms with van der Waals surface area (Å²) in [5.41, 5.74) is 3.86. The van der Waals surface area contributed by atoms with Crippen LogP contribution in [0.5, 0.6) is 5.75 Å². The van der Waals surface area contributed by atoms with E-state index >= 15 is 0 Å². The van der Waals surface area contributed by atoms with Crippen molar-refractivity contribution in [1.29, 1.82) is 0 Å². The largest absolute Gasteiger partial charge is 0.494 e. The van der Waals surface area contributed by atoms with Gasteiger partial charge in [-0.05, 0) is 55.5 Å². The molecule has 0 saturated heterocycles. The van der Waals surface area contributed by atoms with E-state index in [4.69, 9.17) is 9.72 Å². The summed E-state index contributed by atoms with van der Waals surface area (Å²) in [6.07, 6.45) is 3.55. The molecule has 0 N–H and O–H groups in total. The second-order valence-corrected chi connectivity index (χ2v) is 8.04. The number of thioether (sulfide) groups is 1. The highest BCUT2D eigenvalue weighted by Crippen LogP contribution is 2.30. The normalized spacial score (nSPS) is 11.0. The summed E-state index contributed by atoms with van der Waals surface area (Å²) in [7, 11) is 0. The molecule has 0 spiro atoms. The fourth-order valence-electron chi connectivity index (χ4n) is 3.46. The molecule has 5 rings (SSSR count). The lowest BCUT2D eigenvalue weighted by Crippen LogP contribution is -2.01.